The first-order valence-electron chi connectivity index (χ1n) is 9.56. The number of aliphatic hydroxyl groups is 1. The molecule has 2 N–H and O–H groups in total. The topological polar surface area (TPSA) is 125 Å². The Morgan fingerprint density at radius 1 is 1.27 bits per heavy atom. The van der Waals surface area contributed by atoms with Crippen LogP contribution in [-0.4, -0.2) is 76.3 Å². The second-order valence-corrected chi connectivity index (χ2v) is 8.10. The lowest BCUT2D eigenvalue weighted by Crippen LogP contribution is -2.51. The molecule has 2 rings (SSSR count). The van der Waals surface area contributed by atoms with Gasteiger partial charge < -0.3 is 25.0 Å². The number of nitro benzene ring substituents is 1. The van der Waals surface area contributed by atoms with E-state index in [-0.39, 0.29) is 38.4 Å². The van der Waals surface area contributed by atoms with Crippen molar-refractivity contribution in [1.82, 2.24) is 9.80 Å². The maximum absolute atomic E-state index is 14.6. The average molecular weight is 426 g/mol. The molecule has 0 saturated carbocycles. The van der Waals surface area contributed by atoms with Gasteiger partial charge in [0.1, 0.15) is 17.1 Å². The van der Waals surface area contributed by atoms with Crippen LogP contribution in [0.1, 0.15) is 38.1 Å². The normalized spacial score (nSPS) is 15.5. The van der Waals surface area contributed by atoms with Crippen molar-refractivity contribution in [2.24, 2.45) is 0 Å². The van der Waals surface area contributed by atoms with Crippen molar-refractivity contribution < 1.29 is 28.7 Å². The van der Waals surface area contributed by atoms with E-state index in [9.17, 15) is 29.2 Å². The molecule has 0 unspecified atom stereocenters. The number of nitrogens with zero attached hydrogens (tertiary/aromatic N) is 3. The van der Waals surface area contributed by atoms with Gasteiger partial charge in [-0.1, -0.05) is 0 Å². The van der Waals surface area contributed by atoms with Crippen LogP contribution in [0.25, 0.3) is 0 Å². The van der Waals surface area contributed by atoms with Crippen LogP contribution in [-0.2, 0) is 4.74 Å². The maximum Gasteiger partial charge on any atom is 0.410 e. The highest BCUT2D eigenvalue weighted by Gasteiger charge is 2.30. The number of piperazine rings is 1. The lowest BCUT2D eigenvalue weighted by molar-refractivity contribution is -0.384. The summed E-state index contributed by atoms with van der Waals surface area (Å²) in [4.78, 5) is 38.3. The van der Waals surface area contributed by atoms with Crippen LogP contribution in [0.3, 0.4) is 0 Å². The number of hydrogen-bond donors (Lipinski definition) is 2. The van der Waals surface area contributed by atoms with E-state index < -0.39 is 45.7 Å². The molecule has 1 saturated heterocycles. The van der Waals surface area contributed by atoms with Gasteiger partial charge in [0.05, 0.1) is 16.6 Å². The zero-order chi connectivity index (χ0) is 22.6. The largest absolute Gasteiger partial charge is 0.444 e. The van der Waals surface area contributed by atoms with Crippen molar-refractivity contribution in [3.63, 3.8) is 0 Å². The van der Waals surface area contributed by atoms with Crippen LogP contribution in [0.5, 0.6) is 0 Å². The molecule has 11 heteroatoms. The number of nitrogens with one attached hydrogen (secondary N) is 1. The van der Waals surface area contributed by atoms with Gasteiger partial charge in [0.25, 0.3) is 11.6 Å². The fourth-order valence-electron chi connectivity index (χ4n) is 2.86. The molecule has 1 aliphatic heterocycles. The van der Waals surface area contributed by atoms with E-state index in [1.54, 1.807) is 20.8 Å². The molecule has 0 bridgehead atoms. The molecule has 2 amide bonds. The van der Waals surface area contributed by atoms with Gasteiger partial charge in [-0.2, -0.15) is 0 Å². The summed E-state index contributed by atoms with van der Waals surface area (Å²) >= 11 is 0. The van der Waals surface area contributed by atoms with Gasteiger partial charge in [0, 0.05) is 44.9 Å². The Morgan fingerprint density at radius 3 is 2.33 bits per heavy atom. The smallest absolute Gasteiger partial charge is 0.410 e. The molecule has 0 radical (unpaired) electrons. The molecule has 30 heavy (non-hydrogen) atoms. The summed E-state index contributed by atoms with van der Waals surface area (Å²) in [5.74, 6) is -1.60. The molecule has 0 aliphatic carbocycles. The van der Waals surface area contributed by atoms with Gasteiger partial charge >= 0.3 is 6.09 Å². The first-order valence-corrected chi connectivity index (χ1v) is 9.56. The zero-order valence-electron chi connectivity index (χ0n) is 17.5. The van der Waals surface area contributed by atoms with Crippen molar-refractivity contribution in [2.75, 3.05) is 38.0 Å². The van der Waals surface area contributed by atoms with Gasteiger partial charge in [-0.25, -0.2) is 9.18 Å². The van der Waals surface area contributed by atoms with Crippen LogP contribution < -0.4 is 5.32 Å². The summed E-state index contributed by atoms with van der Waals surface area (Å²) in [6.45, 7) is 7.42. The summed E-state index contributed by atoms with van der Waals surface area (Å²) < 4.78 is 19.9. The van der Waals surface area contributed by atoms with Crippen LogP contribution in [0.15, 0.2) is 12.1 Å². The molecular weight excluding hydrogens is 399 g/mol. The van der Waals surface area contributed by atoms with Gasteiger partial charge in [-0.15, -0.1) is 0 Å². The molecule has 0 aromatic heterocycles. The Hall–Kier alpha value is -2.95. The van der Waals surface area contributed by atoms with E-state index in [0.717, 1.165) is 12.1 Å². The Morgan fingerprint density at radius 2 is 1.83 bits per heavy atom. The first-order chi connectivity index (χ1) is 13.9. The summed E-state index contributed by atoms with van der Waals surface area (Å²) in [7, 11) is 0. The Bertz CT molecular complexity index is 816. The predicted molar refractivity (Wildman–Crippen MR) is 107 cm³/mol. The van der Waals surface area contributed by atoms with E-state index >= 15 is 0 Å². The van der Waals surface area contributed by atoms with Gasteiger partial charge in [-0.3, -0.25) is 14.9 Å². The summed E-state index contributed by atoms with van der Waals surface area (Å²) in [5.41, 5.74) is -1.65. The second-order valence-electron chi connectivity index (χ2n) is 8.10. The van der Waals surface area contributed by atoms with Crippen molar-refractivity contribution in [2.45, 2.75) is 39.4 Å². The van der Waals surface area contributed by atoms with Crippen LogP contribution >= 0.6 is 0 Å². The molecule has 1 fully saturated rings. The fourth-order valence-corrected chi connectivity index (χ4v) is 2.86. The van der Waals surface area contributed by atoms with Crippen LogP contribution in [0.4, 0.5) is 20.6 Å². The van der Waals surface area contributed by atoms with E-state index in [2.05, 4.69) is 5.32 Å². The summed E-state index contributed by atoms with van der Waals surface area (Å²) in [6, 6.07) is 1.77. The number of nitro groups is 1. The Kier molecular flexibility index (Phi) is 7.19. The standard InChI is InChI=1S/C19H27FN4O6/c1-12(25)11-21-15-10-14(20)13(9-16(15)24(28)29)17(26)22-5-7-23(8-6-22)18(27)30-19(2,3)4/h9-10,12,21,25H,5-8,11H2,1-4H3/t12-/m0/s1. The number of hydrogen-bond acceptors (Lipinski definition) is 7. The van der Waals surface area contributed by atoms with E-state index in [1.807, 2.05) is 0 Å². The third kappa shape index (κ3) is 6.02. The number of carbonyl (C=O) groups is 2. The van der Waals surface area contributed by atoms with Gasteiger partial charge in [0.15, 0.2) is 0 Å². The van der Waals surface area contributed by atoms with Crippen molar-refractivity contribution in [3.8, 4) is 0 Å². The van der Waals surface area contributed by atoms with Crippen LogP contribution in [0.2, 0.25) is 0 Å². The minimum absolute atomic E-state index is 0.0137. The highest BCUT2D eigenvalue weighted by atomic mass is 19.1. The van der Waals surface area contributed by atoms with Crippen molar-refractivity contribution in [3.05, 3.63) is 33.6 Å². The molecule has 10 nitrogen and oxygen atoms in total. The average Bonchev–Trinajstić information content (AvgIpc) is 2.64. The third-order valence-corrected chi connectivity index (χ3v) is 4.32. The number of benzene rings is 1. The molecule has 1 aliphatic rings. The molecule has 1 heterocycles. The second kappa shape index (κ2) is 9.24. The fraction of sp³-hybridized carbons (Fsp3) is 0.579. The monoisotopic (exact) mass is 426 g/mol. The highest BCUT2D eigenvalue weighted by Crippen LogP contribution is 2.29. The SMILES string of the molecule is C[C@H](O)CNc1cc(F)c(C(=O)N2CCN(C(=O)OC(C)(C)C)CC2)cc1[N+](=O)[O-]. The van der Waals surface area contributed by atoms with Gasteiger partial charge in [-0.05, 0) is 27.7 Å². The Balaban J connectivity index is 2.13. The molecule has 0 spiro atoms. The van der Waals surface area contributed by atoms with Crippen LogP contribution in [0, 0.1) is 15.9 Å². The number of amides is 2. The molecule has 1 aromatic rings. The maximum atomic E-state index is 14.6. The Labute approximate surface area is 173 Å². The minimum Gasteiger partial charge on any atom is -0.444 e. The molecule has 166 valence electrons. The molecular formula is C19H27FN4O6. The lowest BCUT2D eigenvalue weighted by Gasteiger charge is -2.35. The van der Waals surface area contributed by atoms with Crippen molar-refractivity contribution in [1.29, 1.82) is 0 Å². The zero-order valence-corrected chi connectivity index (χ0v) is 17.5. The molecule has 1 aromatic carbocycles. The number of rotatable bonds is 5. The third-order valence-electron chi connectivity index (χ3n) is 4.32. The highest BCUT2D eigenvalue weighted by molar-refractivity contribution is 5.96. The quantitative estimate of drug-likeness (QED) is 0.546. The first kappa shape index (κ1) is 23.3. The summed E-state index contributed by atoms with van der Waals surface area (Å²) in [5, 5.41) is 23.3. The number of halogens is 1. The van der Waals surface area contributed by atoms with E-state index in [0.29, 0.717) is 0 Å². The molecule has 1 atom stereocenters. The van der Waals surface area contributed by atoms with E-state index in [4.69, 9.17) is 4.74 Å². The van der Waals surface area contributed by atoms with E-state index in [1.165, 1.54) is 16.7 Å². The number of carbonyl (C=O) groups excluding carboxylic acids is 2. The van der Waals surface area contributed by atoms with Crippen molar-refractivity contribution >= 4 is 23.4 Å². The minimum atomic E-state index is -0.909. The summed E-state index contributed by atoms with van der Waals surface area (Å²) in [6.07, 6.45) is -1.29. The predicted octanol–water partition coefficient (Wildman–Crippen LogP) is 2.22. The lowest BCUT2D eigenvalue weighted by atomic mass is 10.1. The van der Waals surface area contributed by atoms with Gasteiger partial charge in [0.2, 0.25) is 0 Å². The number of aliphatic hydroxyl groups excluding tert-OH is 1. The number of ether oxygens (including phenoxy) is 1. The number of anilines is 1.